The molecule has 1 atom stereocenters. The number of halogens is 2. The zero-order valence-electron chi connectivity index (χ0n) is 20.4. The van der Waals surface area contributed by atoms with Gasteiger partial charge in [-0.25, -0.2) is 13.8 Å². The Morgan fingerprint density at radius 1 is 1.03 bits per heavy atom. The molecule has 0 aromatic heterocycles. The fourth-order valence-corrected chi connectivity index (χ4v) is 5.28. The van der Waals surface area contributed by atoms with E-state index in [1.807, 2.05) is 31.1 Å². The number of amidine groups is 1. The number of carbonyl (C=O) groups is 2. The standard InChI is InChI=1S/C27H28F2N4O2S/c1-4-32(5-2)26(35)24-17(3)31-27-33(25(24)19-8-12-21(29)13-9-19)22(16-36-27)14-23(34)30-15-18-6-10-20(28)11-7-18/h6-13,16,25H,4-5,14-15H2,1-3H3,(H,30,34)/t25-/m0/s1. The van der Waals surface area contributed by atoms with Crippen LogP contribution in [0.15, 0.2) is 75.9 Å². The number of benzene rings is 2. The first kappa shape index (κ1) is 25.6. The van der Waals surface area contributed by atoms with Gasteiger partial charge in [-0.15, -0.1) is 0 Å². The van der Waals surface area contributed by atoms with Gasteiger partial charge in [0.05, 0.1) is 23.7 Å². The van der Waals surface area contributed by atoms with Gasteiger partial charge >= 0.3 is 0 Å². The number of rotatable bonds is 8. The number of thioether (sulfide) groups is 1. The van der Waals surface area contributed by atoms with Crippen molar-refractivity contribution in [3.8, 4) is 0 Å². The van der Waals surface area contributed by atoms with Crippen LogP contribution < -0.4 is 5.32 Å². The number of amides is 2. The van der Waals surface area contributed by atoms with Crippen LogP contribution >= 0.6 is 11.8 Å². The van der Waals surface area contributed by atoms with Crippen molar-refractivity contribution in [3.63, 3.8) is 0 Å². The third-order valence-electron chi connectivity index (χ3n) is 6.21. The quantitative estimate of drug-likeness (QED) is 0.536. The molecular weight excluding hydrogens is 482 g/mol. The van der Waals surface area contributed by atoms with Crippen molar-refractivity contribution in [1.29, 1.82) is 0 Å². The average molecular weight is 511 g/mol. The predicted molar refractivity (Wildman–Crippen MR) is 138 cm³/mol. The molecule has 1 N–H and O–H groups in total. The molecule has 2 amide bonds. The smallest absolute Gasteiger partial charge is 0.254 e. The van der Waals surface area contributed by atoms with E-state index in [1.165, 1.54) is 36.0 Å². The Bertz CT molecular complexity index is 1240. The summed E-state index contributed by atoms with van der Waals surface area (Å²) in [5.74, 6) is -1.05. The van der Waals surface area contributed by atoms with Crippen LogP contribution in [0.2, 0.25) is 0 Å². The zero-order chi connectivity index (χ0) is 25.8. The molecule has 2 aromatic rings. The highest BCUT2D eigenvalue weighted by molar-refractivity contribution is 8.16. The Kier molecular flexibility index (Phi) is 7.88. The molecule has 2 aliphatic rings. The van der Waals surface area contributed by atoms with Gasteiger partial charge in [0.25, 0.3) is 5.91 Å². The number of hydrogen-bond donors (Lipinski definition) is 1. The summed E-state index contributed by atoms with van der Waals surface area (Å²) in [5, 5.41) is 5.40. The molecule has 36 heavy (non-hydrogen) atoms. The number of allylic oxidation sites excluding steroid dienone is 1. The second-order valence-electron chi connectivity index (χ2n) is 8.50. The Hall–Kier alpha value is -3.46. The van der Waals surface area contributed by atoms with E-state index in [9.17, 15) is 18.4 Å². The number of nitrogens with one attached hydrogen (secondary N) is 1. The van der Waals surface area contributed by atoms with Crippen molar-refractivity contribution in [1.82, 2.24) is 15.1 Å². The summed E-state index contributed by atoms with van der Waals surface area (Å²) in [4.78, 5) is 34.8. The third kappa shape index (κ3) is 5.36. The third-order valence-corrected chi connectivity index (χ3v) is 7.10. The van der Waals surface area contributed by atoms with Gasteiger partial charge in [-0.2, -0.15) is 0 Å². The molecule has 2 aliphatic heterocycles. The lowest BCUT2D eigenvalue weighted by atomic mass is 9.92. The van der Waals surface area contributed by atoms with Gasteiger partial charge in [0.15, 0.2) is 5.17 Å². The molecule has 0 aliphatic carbocycles. The molecule has 6 nitrogen and oxygen atoms in total. The monoisotopic (exact) mass is 510 g/mol. The molecule has 2 aromatic carbocycles. The Morgan fingerprint density at radius 2 is 1.64 bits per heavy atom. The number of hydrogen-bond acceptors (Lipinski definition) is 5. The van der Waals surface area contributed by atoms with Gasteiger partial charge in [0.2, 0.25) is 5.91 Å². The highest BCUT2D eigenvalue weighted by Gasteiger charge is 2.41. The minimum Gasteiger partial charge on any atom is -0.352 e. The molecule has 2 heterocycles. The lowest BCUT2D eigenvalue weighted by Crippen LogP contribution is -2.42. The number of nitrogens with zero attached hydrogens (tertiary/aromatic N) is 3. The second kappa shape index (κ2) is 11.1. The Morgan fingerprint density at radius 3 is 2.25 bits per heavy atom. The molecule has 0 fully saturated rings. The molecule has 4 rings (SSSR count). The van der Waals surface area contributed by atoms with E-state index >= 15 is 0 Å². The molecule has 0 saturated heterocycles. The fraction of sp³-hybridized carbons (Fsp3) is 0.296. The summed E-state index contributed by atoms with van der Waals surface area (Å²) in [7, 11) is 0. The molecule has 0 spiro atoms. The maximum absolute atomic E-state index is 13.8. The predicted octanol–water partition coefficient (Wildman–Crippen LogP) is 5.11. The fourth-order valence-electron chi connectivity index (χ4n) is 4.31. The van der Waals surface area contributed by atoms with E-state index in [2.05, 4.69) is 5.32 Å². The highest BCUT2D eigenvalue weighted by atomic mass is 32.2. The number of fused-ring (bicyclic) bond motifs is 1. The number of likely N-dealkylation sites (N-methyl/N-ethyl adjacent to an activating group) is 1. The van der Waals surface area contributed by atoms with Gasteiger partial charge in [0, 0.05) is 25.3 Å². The highest BCUT2D eigenvalue weighted by Crippen LogP contribution is 2.45. The van der Waals surface area contributed by atoms with Crippen LogP contribution in [-0.2, 0) is 16.1 Å². The first-order chi connectivity index (χ1) is 17.3. The second-order valence-corrected chi connectivity index (χ2v) is 9.34. The van der Waals surface area contributed by atoms with Crippen molar-refractivity contribution < 1.29 is 18.4 Å². The van der Waals surface area contributed by atoms with Gasteiger partial charge in [0.1, 0.15) is 11.6 Å². The average Bonchev–Trinajstić information content (AvgIpc) is 3.25. The lowest BCUT2D eigenvalue weighted by Gasteiger charge is -2.38. The van der Waals surface area contributed by atoms with Crippen molar-refractivity contribution >= 4 is 28.7 Å². The molecule has 188 valence electrons. The summed E-state index contributed by atoms with van der Waals surface area (Å²) in [6.07, 6.45) is 0.0662. The molecule has 0 saturated carbocycles. The lowest BCUT2D eigenvalue weighted by molar-refractivity contribution is -0.127. The molecule has 0 bridgehead atoms. The van der Waals surface area contributed by atoms with E-state index < -0.39 is 6.04 Å². The SMILES string of the molecule is CCN(CC)C(=O)C1=C(C)N=C2SC=C(CC(=O)NCc3ccc(F)cc3)N2[C@H]1c1ccc(F)cc1. The Labute approximate surface area is 213 Å². The van der Waals surface area contributed by atoms with Crippen molar-refractivity contribution in [2.24, 2.45) is 4.99 Å². The van der Waals surface area contributed by atoms with Crippen LogP contribution in [0.25, 0.3) is 0 Å². The van der Waals surface area contributed by atoms with E-state index in [0.717, 1.165) is 11.1 Å². The van der Waals surface area contributed by atoms with Gasteiger partial charge < -0.3 is 15.1 Å². The van der Waals surface area contributed by atoms with Crippen LogP contribution in [0, 0.1) is 11.6 Å². The van der Waals surface area contributed by atoms with E-state index in [4.69, 9.17) is 4.99 Å². The number of aliphatic imine (C=N–C) groups is 1. The molecule has 0 radical (unpaired) electrons. The number of carbonyl (C=O) groups excluding carboxylic acids is 2. The largest absolute Gasteiger partial charge is 0.352 e. The van der Waals surface area contributed by atoms with Crippen LogP contribution in [0.3, 0.4) is 0 Å². The summed E-state index contributed by atoms with van der Waals surface area (Å²) >= 11 is 1.39. The summed E-state index contributed by atoms with van der Waals surface area (Å²) in [5.41, 5.74) is 3.33. The van der Waals surface area contributed by atoms with E-state index in [-0.39, 0.29) is 36.4 Å². The van der Waals surface area contributed by atoms with Crippen LogP contribution in [0.1, 0.15) is 44.4 Å². The van der Waals surface area contributed by atoms with Crippen LogP contribution in [0.4, 0.5) is 8.78 Å². The summed E-state index contributed by atoms with van der Waals surface area (Å²) in [6.45, 7) is 7.01. The van der Waals surface area contributed by atoms with Gasteiger partial charge in [-0.1, -0.05) is 36.0 Å². The first-order valence-electron chi connectivity index (χ1n) is 11.8. The summed E-state index contributed by atoms with van der Waals surface area (Å²) in [6, 6.07) is 11.5. The van der Waals surface area contributed by atoms with E-state index in [1.54, 1.807) is 29.2 Å². The van der Waals surface area contributed by atoms with Crippen molar-refractivity contribution in [2.75, 3.05) is 13.1 Å². The van der Waals surface area contributed by atoms with Gasteiger partial charge in [-0.05, 0) is 61.6 Å². The molecule has 0 unspecified atom stereocenters. The Balaban J connectivity index is 1.62. The normalized spacial score (nSPS) is 16.9. The van der Waals surface area contributed by atoms with Crippen LogP contribution in [-0.4, -0.2) is 39.9 Å². The zero-order valence-corrected chi connectivity index (χ0v) is 21.2. The molecule has 9 heteroatoms. The van der Waals surface area contributed by atoms with Crippen molar-refractivity contribution in [3.05, 3.63) is 93.7 Å². The minimum atomic E-state index is -0.544. The maximum atomic E-state index is 13.8. The molecular formula is C27H28F2N4O2S. The van der Waals surface area contributed by atoms with Crippen LogP contribution in [0.5, 0.6) is 0 Å². The van der Waals surface area contributed by atoms with Gasteiger partial charge in [-0.3, -0.25) is 9.59 Å². The minimum absolute atomic E-state index is 0.0662. The maximum Gasteiger partial charge on any atom is 0.254 e. The first-order valence-corrected chi connectivity index (χ1v) is 12.7. The summed E-state index contributed by atoms with van der Waals surface area (Å²) < 4.78 is 26.9. The van der Waals surface area contributed by atoms with Crippen molar-refractivity contribution in [2.45, 2.75) is 39.8 Å². The van der Waals surface area contributed by atoms with E-state index in [0.29, 0.717) is 35.2 Å². The topological polar surface area (TPSA) is 65.0 Å².